The van der Waals surface area contributed by atoms with Gasteiger partial charge in [0.15, 0.2) is 0 Å². The normalized spacial score (nSPS) is 14.9. The second kappa shape index (κ2) is 9.65. The van der Waals surface area contributed by atoms with Gasteiger partial charge in [0.25, 0.3) is 5.91 Å². The molecule has 7 nitrogen and oxygen atoms in total. The zero-order valence-electron chi connectivity index (χ0n) is 17.3. The van der Waals surface area contributed by atoms with E-state index in [1.165, 1.54) is 0 Å². The average molecular weight is 405 g/mol. The molecule has 1 atom stereocenters. The summed E-state index contributed by atoms with van der Waals surface area (Å²) < 4.78 is 0. The molecule has 0 spiro atoms. The number of carbonyl (C=O) groups excluding carboxylic acids is 1. The Morgan fingerprint density at radius 1 is 1.17 bits per heavy atom. The molecule has 3 aromatic rings. The Balaban J connectivity index is 1.48. The molecule has 0 bridgehead atoms. The minimum Gasteiger partial charge on any atom is -0.349 e. The molecule has 1 saturated heterocycles. The number of aromatic amines is 1. The molecule has 4 rings (SSSR count). The van der Waals surface area contributed by atoms with Crippen molar-refractivity contribution in [2.24, 2.45) is 0 Å². The van der Waals surface area contributed by atoms with E-state index in [-0.39, 0.29) is 11.9 Å². The van der Waals surface area contributed by atoms with Gasteiger partial charge in [-0.1, -0.05) is 18.2 Å². The topological polar surface area (TPSA) is 77.2 Å². The molecule has 0 radical (unpaired) electrons. The van der Waals surface area contributed by atoms with Crippen LogP contribution in [0.25, 0.3) is 0 Å². The zero-order valence-corrected chi connectivity index (χ0v) is 17.3. The van der Waals surface area contributed by atoms with Gasteiger partial charge in [0.2, 0.25) is 0 Å². The van der Waals surface area contributed by atoms with Crippen molar-refractivity contribution in [2.45, 2.75) is 31.8 Å². The molecule has 2 N–H and O–H groups in total. The fourth-order valence-electron chi connectivity index (χ4n) is 3.86. The molecule has 3 heterocycles. The van der Waals surface area contributed by atoms with Gasteiger partial charge in [-0.3, -0.25) is 19.7 Å². The highest BCUT2D eigenvalue weighted by molar-refractivity contribution is 5.94. The van der Waals surface area contributed by atoms with Crippen LogP contribution in [0.3, 0.4) is 0 Å². The Morgan fingerprint density at radius 3 is 2.83 bits per heavy atom. The number of H-pyrrole nitrogens is 1. The first-order chi connectivity index (χ1) is 14.7. The Hall–Kier alpha value is -3.03. The van der Waals surface area contributed by atoms with Gasteiger partial charge in [0.1, 0.15) is 5.82 Å². The van der Waals surface area contributed by atoms with Gasteiger partial charge in [-0.25, -0.2) is 10.4 Å². The van der Waals surface area contributed by atoms with E-state index in [0.29, 0.717) is 0 Å². The average Bonchev–Trinajstić information content (AvgIpc) is 3.48. The molecule has 1 aliphatic heterocycles. The first kappa shape index (κ1) is 20.3. The number of hydrazine groups is 1. The third-order valence-corrected chi connectivity index (χ3v) is 5.49. The van der Waals surface area contributed by atoms with Crippen LogP contribution in [-0.4, -0.2) is 56.9 Å². The van der Waals surface area contributed by atoms with Gasteiger partial charge in [0, 0.05) is 68.4 Å². The molecule has 1 aromatic carbocycles. The second-order valence-corrected chi connectivity index (χ2v) is 7.75. The molecule has 0 aliphatic carbocycles. The summed E-state index contributed by atoms with van der Waals surface area (Å²) in [6.07, 6.45) is 8.10. The number of benzene rings is 1. The van der Waals surface area contributed by atoms with Crippen LogP contribution >= 0.6 is 0 Å². The minimum atomic E-state index is 0.0395. The Kier molecular flexibility index (Phi) is 6.51. The van der Waals surface area contributed by atoms with Crippen LogP contribution in [0.4, 0.5) is 0 Å². The van der Waals surface area contributed by atoms with Gasteiger partial charge in [-0.2, -0.15) is 0 Å². The molecule has 1 unspecified atom stereocenters. The van der Waals surface area contributed by atoms with E-state index in [1.807, 2.05) is 42.7 Å². The SMILES string of the molecule is CN(Cc1cccc(C(=O)N2CCCN2)c1)C(Cc1ccccn1)Cc1ncc[nH]1. The number of nitrogens with zero attached hydrogens (tertiary/aromatic N) is 4. The van der Waals surface area contributed by atoms with Crippen molar-refractivity contribution < 1.29 is 4.79 Å². The van der Waals surface area contributed by atoms with Gasteiger partial charge in [-0.15, -0.1) is 0 Å². The summed E-state index contributed by atoms with van der Waals surface area (Å²) in [6.45, 7) is 2.36. The molecule has 0 saturated carbocycles. The fraction of sp³-hybridized carbons (Fsp3) is 0.348. The van der Waals surface area contributed by atoms with Crippen LogP contribution in [0.5, 0.6) is 0 Å². The van der Waals surface area contributed by atoms with E-state index in [4.69, 9.17) is 0 Å². The molecule has 30 heavy (non-hydrogen) atoms. The van der Waals surface area contributed by atoms with E-state index >= 15 is 0 Å². The van der Waals surface area contributed by atoms with Crippen molar-refractivity contribution >= 4 is 5.91 Å². The quantitative estimate of drug-likeness (QED) is 0.603. The number of pyridine rings is 1. The molecular weight excluding hydrogens is 376 g/mol. The summed E-state index contributed by atoms with van der Waals surface area (Å²) in [4.78, 5) is 27.1. The van der Waals surface area contributed by atoms with Crippen molar-refractivity contribution in [3.63, 3.8) is 0 Å². The lowest BCUT2D eigenvalue weighted by Gasteiger charge is -2.28. The molecule has 156 valence electrons. The van der Waals surface area contributed by atoms with E-state index in [9.17, 15) is 4.79 Å². The molecule has 1 aliphatic rings. The van der Waals surface area contributed by atoms with Crippen molar-refractivity contribution in [1.82, 2.24) is 30.3 Å². The third-order valence-electron chi connectivity index (χ3n) is 5.49. The van der Waals surface area contributed by atoms with Crippen molar-refractivity contribution in [3.05, 3.63) is 83.7 Å². The maximum absolute atomic E-state index is 12.7. The lowest BCUT2D eigenvalue weighted by Crippen LogP contribution is -2.37. The van der Waals surface area contributed by atoms with Crippen LogP contribution in [0.15, 0.2) is 61.1 Å². The number of nitrogens with one attached hydrogen (secondary N) is 2. The highest BCUT2D eigenvalue weighted by atomic mass is 16.2. The molecular formula is C23H28N6O. The van der Waals surface area contributed by atoms with Crippen molar-refractivity contribution in [2.75, 3.05) is 20.1 Å². The Labute approximate surface area is 177 Å². The van der Waals surface area contributed by atoms with E-state index in [0.717, 1.165) is 61.5 Å². The van der Waals surface area contributed by atoms with E-state index in [2.05, 4.69) is 44.5 Å². The lowest BCUT2D eigenvalue weighted by molar-refractivity contribution is 0.0726. The van der Waals surface area contributed by atoms with Gasteiger partial charge in [0.05, 0.1) is 0 Å². The Bertz CT molecular complexity index is 937. The smallest absolute Gasteiger partial charge is 0.267 e. The highest BCUT2D eigenvalue weighted by Crippen LogP contribution is 2.16. The monoisotopic (exact) mass is 404 g/mol. The first-order valence-corrected chi connectivity index (χ1v) is 10.4. The number of amides is 1. The van der Waals surface area contributed by atoms with Gasteiger partial charge in [-0.05, 0) is 43.3 Å². The molecule has 2 aromatic heterocycles. The van der Waals surface area contributed by atoms with Crippen LogP contribution in [0, 0.1) is 0 Å². The summed E-state index contributed by atoms with van der Waals surface area (Å²) in [5.74, 6) is 1.00. The number of aromatic nitrogens is 3. The predicted molar refractivity (Wildman–Crippen MR) is 116 cm³/mol. The largest absolute Gasteiger partial charge is 0.349 e. The Morgan fingerprint density at radius 2 is 2.10 bits per heavy atom. The van der Waals surface area contributed by atoms with Gasteiger partial charge >= 0.3 is 0 Å². The number of likely N-dealkylation sites (N-methyl/N-ethyl adjacent to an activating group) is 1. The predicted octanol–water partition coefficient (Wildman–Crippen LogP) is 2.44. The summed E-state index contributed by atoms with van der Waals surface area (Å²) in [5, 5.41) is 1.71. The number of hydrogen-bond acceptors (Lipinski definition) is 5. The van der Waals surface area contributed by atoms with E-state index < -0.39 is 0 Å². The molecule has 1 fully saturated rings. The zero-order chi connectivity index (χ0) is 20.8. The summed E-state index contributed by atoms with van der Waals surface area (Å²) in [5.41, 5.74) is 6.04. The number of rotatable bonds is 8. The van der Waals surface area contributed by atoms with Crippen LogP contribution in [-0.2, 0) is 19.4 Å². The van der Waals surface area contributed by atoms with E-state index in [1.54, 1.807) is 11.2 Å². The van der Waals surface area contributed by atoms with Crippen LogP contribution in [0.2, 0.25) is 0 Å². The summed E-state index contributed by atoms with van der Waals surface area (Å²) in [6, 6.07) is 14.2. The second-order valence-electron chi connectivity index (χ2n) is 7.75. The lowest BCUT2D eigenvalue weighted by atomic mass is 10.0. The third kappa shape index (κ3) is 5.11. The fourth-order valence-corrected chi connectivity index (χ4v) is 3.86. The maximum Gasteiger partial charge on any atom is 0.267 e. The maximum atomic E-state index is 12.7. The van der Waals surface area contributed by atoms with Crippen LogP contribution in [0.1, 0.15) is 33.9 Å². The number of imidazole rings is 1. The van der Waals surface area contributed by atoms with Gasteiger partial charge < -0.3 is 4.98 Å². The molecule has 1 amide bonds. The summed E-state index contributed by atoms with van der Waals surface area (Å²) in [7, 11) is 2.12. The number of hydrogen-bond donors (Lipinski definition) is 2. The highest BCUT2D eigenvalue weighted by Gasteiger charge is 2.21. The van der Waals surface area contributed by atoms with Crippen LogP contribution < -0.4 is 5.43 Å². The summed E-state index contributed by atoms with van der Waals surface area (Å²) >= 11 is 0. The minimum absolute atomic E-state index is 0.0395. The standard InChI is InChI=1S/C23H28N6O/c1-28(17-18-6-4-7-19(14-18)23(30)29-13-5-10-27-29)21(16-22-25-11-12-26-22)15-20-8-2-3-9-24-20/h2-4,6-9,11-12,14,21,27H,5,10,13,15-17H2,1H3,(H,25,26). The molecule has 7 heteroatoms. The van der Waals surface area contributed by atoms with Crippen molar-refractivity contribution in [3.8, 4) is 0 Å². The number of carbonyl (C=O) groups is 1. The van der Waals surface area contributed by atoms with Crippen molar-refractivity contribution in [1.29, 1.82) is 0 Å². The first-order valence-electron chi connectivity index (χ1n) is 10.4.